The van der Waals surface area contributed by atoms with E-state index in [0.717, 1.165) is 4.90 Å². The molecule has 0 saturated heterocycles. The molecule has 0 aliphatic carbocycles. The van der Waals surface area contributed by atoms with Crippen molar-refractivity contribution in [3.05, 3.63) is 41.0 Å². The summed E-state index contributed by atoms with van der Waals surface area (Å²) in [5.74, 6) is -0.939. The van der Waals surface area contributed by atoms with Gasteiger partial charge in [0.1, 0.15) is 0 Å². The molecule has 7 heteroatoms. The van der Waals surface area contributed by atoms with E-state index >= 15 is 0 Å². The summed E-state index contributed by atoms with van der Waals surface area (Å²) in [4.78, 5) is 38.4. The Bertz CT molecular complexity index is 839. The molecular formula is C19H24N4O3. The fourth-order valence-electron chi connectivity index (χ4n) is 3.69. The Balaban J connectivity index is 1.64. The van der Waals surface area contributed by atoms with Gasteiger partial charge in [-0.2, -0.15) is 0 Å². The van der Waals surface area contributed by atoms with Gasteiger partial charge in [0.05, 0.1) is 11.1 Å². The Morgan fingerprint density at radius 2 is 1.81 bits per heavy atom. The van der Waals surface area contributed by atoms with Gasteiger partial charge in [-0.25, -0.2) is 0 Å². The highest BCUT2D eigenvalue weighted by molar-refractivity contribution is 6.21. The monoisotopic (exact) mass is 356 g/mol. The fourth-order valence-corrected chi connectivity index (χ4v) is 3.69. The first kappa shape index (κ1) is 18.1. The van der Waals surface area contributed by atoms with E-state index in [9.17, 15) is 14.4 Å². The molecule has 2 aliphatic heterocycles. The van der Waals surface area contributed by atoms with Gasteiger partial charge < -0.3 is 11.1 Å². The first-order chi connectivity index (χ1) is 12.0. The number of rotatable bonds is 4. The summed E-state index contributed by atoms with van der Waals surface area (Å²) in [5.41, 5.74) is 6.73. The van der Waals surface area contributed by atoms with E-state index < -0.39 is 5.54 Å². The van der Waals surface area contributed by atoms with Crippen molar-refractivity contribution in [2.45, 2.75) is 38.8 Å². The number of carbonyl (C=O) groups is 3. The molecule has 26 heavy (non-hydrogen) atoms. The Labute approximate surface area is 152 Å². The summed E-state index contributed by atoms with van der Waals surface area (Å²) in [6, 6.07) is 4.66. The van der Waals surface area contributed by atoms with E-state index in [1.165, 1.54) is 6.07 Å². The van der Waals surface area contributed by atoms with Crippen LogP contribution in [0.4, 0.5) is 5.69 Å². The molecule has 0 unspecified atom stereocenters. The average molecular weight is 356 g/mol. The standard InChI is InChI=1S/C19H24N4O3/c1-18(2)10-14(19(3,4)22-18)15(24)21-7-8-23-16(25)12-6-5-11(20)9-13(12)17(23)26/h5-6,9-10,22H,7-8,20H2,1-4H3,(H,21,24). The molecule has 7 nitrogen and oxygen atoms in total. The number of nitrogen functional groups attached to an aromatic ring is 1. The molecule has 3 amide bonds. The van der Waals surface area contributed by atoms with Crippen LogP contribution in [0.2, 0.25) is 0 Å². The van der Waals surface area contributed by atoms with Crippen LogP contribution in [0.3, 0.4) is 0 Å². The van der Waals surface area contributed by atoms with Crippen molar-refractivity contribution in [1.82, 2.24) is 15.5 Å². The van der Waals surface area contributed by atoms with Crippen molar-refractivity contribution in [2.75, 3.05) is 18.8 Å². The number of hydrogen-bond acceptors (Lipinski definition) is 5. The summed E-state index contributed by atoms with van der Waals surface area (Å²) in [5, 5.41) is 6.19. The highest BCUT2D eigenvalue weighted by Gasteiger charge is 2.40. The second-order valence-electron chi connectivity index (χ2n) is 7.85. The molecule has 0 atom stereocenters. The molecule has 1 aromatic rings. The van der Waals surface area contributed by atoms with E-state index in [4.69, 9.17) is 5.73 Å². The van der Waals surface area contributed by atoms with Crippen molar-refractivity contribution in [1.29, 1.82) is 0 Å². The van der Waals surface area contributed by atoms with Crippen LogP contribution in [0.25, 0.3) is 0 Å². The Morgan fingerprint density at radius 3 is 2.42 bits per heavy atom. The molecule has 0 fully saturated rings. The average Bonchev–Trinajstić information content (AvgIpc) is 2.90. The van der Waals surface area contributed by atoms with Crippen LogP contribution in [0.1, 0.15) is 48.4 Å². The van der Waals surface area contributed by atoms with Crippen LogP contribution in [-0.4, -0.2) is 46.8 Å². The van der Waals surface area contributed by atoms with Gasteiger partial charge in [0, 0.05) is 35.4 Å². The highest BCUT2D eigenvalue weighted by atomic mass is 16.2. The van der Waals surface area contributed by atoms with Crippen LogP contribution >= 0.6 is 0 Å². The summed E-state index contributed by atoms with van der Waals surface area (Å²) >= 11 is 0. The van der Waals surface area contributed by atoms with Gasteiger partial charge in [0.2, 0.25) is 5.91 Å². The third-order valence-corrected chi connectivity index (χ3v) is 4.67. The van der Waals surface area contributed by atoms with Gasteiger partial charge >= 0.3 is 0 Å². The number of imide groups is 1. The molecule has 0 bridgehead atoms. The lowest BCUT2D eigenvalue weighted by Crippen LogP contribution is -2.48. The molecule has 0 aromatic heterocycles. The first-order valence-electron chi connectivity index (χ1n) is 8.58. The number of benzene rings is 1. The smallest absolute Gasteiger partial charge is 0.261 e. The normalized spacial score (nSPS) is 20.2. The zero-order valence-corrected chi connectivity index (χ0v) is 15.5. The lowest BCUT2D eigenvalue weighted by atomic mass is 9.96. The van der Waals surface area contributed by atoms with E-state index in [1.807, 2.05) is 33.8 Å². The Hall–Kier alpha value is -2.67. The van der Waals surface area contributed by atoms with Crippen molar-refractivity contribution in [3.63, 3.8) is 0 Å². The maximum atomic E-state index is 12.5. The molecule has 4 N–H and O–H groups in total. The van der Waals surface area contributed by atoms with Gasteiger partial charge in [0.15, 0.2) is 0 Å². The Kier molecular flexibility index (Phi) is 4.15. The van der Waals surface area contributed by atoms with Gasteiger partial charge in [0.25, 0.3) is 11.8 Å². The summed E-state index contributed by atoms with van der Waals surface area (Å²) in [6.45, 7) is 8.19. The van der Waals surface area contributed by atoms with Crippen molar-refractivity contribution in [2.24, 2.45) is 0 Å². The van der Waals surface area contributed by atoms with Crippen molar-refractivity contribution >= 4 is 23.4 Å². The number of nitrogens with two attached hydrogens (primary N) is 1. The van der Waals surface area contributed by atoms with Gasteiger partial charge in [-0.1, -0.05) is 6.08 Å². The van der Waals surface area contributed by atoms with Gasteiger partial charge in [-0.3, -0.25) is 24.6 Å². The minimum Gasteiger partial charge on any atom is -0.399 e. The predicted octanol–water partition coefficient (Wildman–Crippen LogP) is 1.07. The number of nitrogens with one attached hydrogen (secondary N) is 2. The lowest BCUT2D eigenvalue weighted by molar-refractivity contribution is -0.118. The summed E-state index contributed by atoms with van der Waals surface area (Å²) < 4.78 is 0. The molecular weight excluding hydrogens is 332 g/mol. The second-order valence-corrected chi connectivity index (χ2v) is 7.85. The molecule has 0 spiro atoms. The van der Waals surface area contributed by atoms with Crippen LogP contribution in [-0.2, 0) is 4.79 Å². The number of hydrogen-bond donors (Lipinski definition) is 3. The van der Waals surface area contributed by atoms with Gasteiger partial charge in [-0.05, 0) is 45.9 Å². The number of fused-ring (bicyclic) bond motifs is 1. The minimum atomic E-state index is -0.444. The zero-order chi connectivity index (χ0) is 19.3. The molecule has 1 aromatic carbocycles. The van der Waals surface area contributed by atoms with Crippen LogP contribution < -0.4 is 16.4 Å². The third kappa shape index (κ3) is 3.10. The number of anilines is 1. The lowest BCUT2D eigenvalue weighted by Gasteiger charge is -2.27. The van der Waals surface area contributed by atoms with E-state index in [-0.39, 0.29) is 36.3 Å². The minimum absolute atomic E-state index is 0.114. The SMILES string of the molecule is CC1(C)C=C(C(=O)NCCN2C(=O)c3ccc(N)cc3C2=O)C(C)(C)N1. The van der Waals surface area contributed by atoms with Crippen LogP contribution in [0.5, 0.6) is 0 Å². The topological polar surface area (TPSA) is 105 Å². The molecule has 138 valence electrons. The molecule has 0 saturated carbocycles. The molecule has 3 rings (SSSR count). The van der Waals surface area contributed by atoms with Gasteiger partial charge in [-0.15, -0.1) is 0 Å². The quantitative estimate of drug-likeness (QED) is 0.553. The maximum absolute atomic E-state index is 12.5. The predicted molar refractivity (Wildman–Crippen MR) is 98.6 cm³/mol. The fraction of sp³-hybridized carbons (Fsp3) is 0.421. The second kappa shape index (κ2) is 5.95. The van der Waals surface area contributed by atoms with Crippen LogP contribution in [0, 0.1) is 0 Å². The highest BCUT2D eigenvalue weighted by Crippen LogP contribution is 2.29. The molecule has 2 heterocycles. The van der Waals surface area contributed by atoms with Crippen molar-refractivity contribution < 1.29 is 14.4 Å². The summed E-state index contributed by atoms with van der Waals surface area (Å²) in [6.07, 6.45) is 1.91. The van der Waals surface area contributed by atoms with Crippen molar-refractivity contribution in [3.8, 4) is 0 Å². The number of nitrogens with zero attached hydrogens (tertiary/aromatic N) is 1. The number of carbonyl (C=O) groups excluding carboxylic acids is 3. The third-order valence-electron chi connectivity index (χ3n) is 4.67. The largest absolute Gasteiger partial charge is 0.399 e. The summed E-state index contributed by atoms with van der Waals surface area (Å²) in [7, 11) is 0. The maximum Gasteiger partial charge on any atom is 0.261 e. The molecule has 2 aliphatic rings. The molecule has 0 radical (unpaired) electrons. The Morgan fingerprint density at radius 1 is 1.15 bits per heavy atom. The van der Waals surface area contributed by atoms with E-state index in [0.29, 0.717) is 22.4 Å². The van der Waals surface area contributed by atoms with E-state index in [1.54, 1.807) is 12.1 Å². The number of amides is 3. The van der Waals surface area contributed by atoms with Crippen LogP contribution in [0.15, 0.2) is 29.8 Å². The first-order valence-corrected chi connectivity index (χ1v) is 8.58. The van der Waals surface area contributed by atoms with E-state index in [2.05, 4.69) is 10.6 Å². The zero-order valence-electron chi connectivity index (χ0n) is 15.5.